The van der Waals surface area contributed by atoms with Crippen molar-refractivity contribution in [3.63, 3.8) is 0 Å². The third-order valence-electron chi connectivity index (χ3n) is 8.30. The number of carboxylic acids is 1. The van der Waals surface area contributed by atoms with E-state index in [0.29, 0.717) is 48.6 Å². The lowest BCUT2D eigenvalue weighted by Crippen LogP contribution is -2.49. The van der Waals surface area contributed by atoms with Gasteiger partial charge in [0.2, 0.25) is 11.3 Å². The summed E-state index contributed by atoms with van der Waals surface area (Å²) >= 11 is 1.17. The minimum Gasteiger partial charge on any atom is -0.477 e. The maximum atomic E-state index is 15.2. The minimum atomic E-state index is -1.32. The number of hydrogen-bond donors (Lipinski definition) is 1. The van der Waals surface area contributed by atoms with Crippen LogP contribution in [0, 0.1) is 5.82 Å². The molecule has 3 heterocycles. The Labute approximate surface area is 246 Å². The van der Waals surface area contributed by atoms with E-state index < -0.39 is 17.2 Å². The molecule has 41 heavy (non-hydrogen) atoms. The number of nitrogens with zero attached hydrogens (tertiary/aromatic N) is 3. The van der Waals surface area contributed by atoms with Crippen molar-refractivity contribution in [2.75, 3.05) is 31.1 Å². The van der Waals surface area contributed by atoms with Gasteiger partial charge in [0.15, 0.2) is 0 Å². The van der Waals surface area contributed by atoms with E-state index >= 15 is 4.39 Å². The standard InChI is InChI=1S/C32H44FN3O4S/c1-2-3-4-5-6-7-8-9-10-11-12-13-14-15-28(37)35-18-16-34(17-19-35)27-23-26-24(22-25(27)33)30(38)29(32(39)40)31-36(26)20-21-41-31/h20-23H,2-19H2,1H3,(H,39,40). The van der Waals surface area contributed by atoms with Gasteiger partial charge in [-0.05, 0) is 18.6 Å². The van der Waals surface area contributed by atoms with Crippen molar-refractivity contribution in [2.45, 2.75) is 96.8 Å². The van der Waals surface area contributed by atoms with E-state index in [-0.39, 0.29) is 16.9 Å². The average molecular weight is 586 g/mol. The summed E-state index contributed by atoms with van der Waals surface area (Å²) in [5, 5.41) is 11.3. The van der Waals surface area contributed by atoms with E-state index in [1.807, 2.05) is 9.80 Å². The van der Waals surface area contributed by atoms with Gasteiger partial charge in [0, 0.05) is 44.2 Å². The molecule has 1 fully saturated rings. The number of carboxylic acid groups (broad SMARTS) is 1. The minimum absolute atomic E-state index is 0.0474. The summed E-state index contributed by atoms with van der Waals surface area (Å²) in [6.45, 7) is 4.31. The molecule has 0 aliphatic carbocycles. The van der Waals surface area contributed by atoms with Crippen LogP contribution < -0.4 is 10.3 Å². The number of halogens is 1. The van der Waals surface area contributed by atoms with Crippen LogP contribution >= 0.6 is 11.3 Å². The van der Waals surface area contributed by atoms with E-state index in [4.69, 9.17) is 0 Å². The Balaban J connectivity index is 1.20. The second-order valence-electron chi connectivity index (χ2n) is 11.3. The number of piperazine rings is 1. The molecule has 1 N–H and O–H groups in total. The molecule has 0 bridgehead atoms. The summed E-state index contributed by atoms with van der Waals surface area (Å²) in [6, 6.07) is 2.78. The number of rotatable bonds is 16. The van der Waals surface area contributed by atoms with Crippen LogP contribution in [0.4, 0.5) is 10.1 Å². The molecule has 0 spiro atoms. The molecule has 1 saturated heterocycles. The number of pyridine rings is 1. The first kappa shape index (κ1) is 31.0. The van der Waals surface area contributed by atoms with Crippen LogP contribution in [0.15, 0.2) is 28.5 Å². The van der Waals surface area contributed by atoms with Gasteiger partial charge in [-0.15, -0.1) is 11.3 Å². The van der Waals surface area contributed by atoms with Crippen LogP contribution in [0.2, 0.25) is 0 Å². The molecule has 1 aliphatic heterocycles. The van der Waals surface area contributed by atoms with Gasteiger partial charge in [-0.25, -0.2) is 9.18 Å². The number of fused-ring (bicyclic) bond motifs is 3. The van der Waals surface area contributed by atoms with Gasteiger partial charge in [-0.1, -0.05) is 84.0 Å². The van der Waals surface area contributed by atoms with Crippen molar-refractivity contribution < 1.29 is 19.1 Å². The molecular weight excluding hydrogens is 541 g/mol. The number of carbonyl (C=O) groups excluding carboxylic acids is 1. The number of unbranched alkanes of at least 4 members (excludes halogenated alkanes) is 12. The first-order chi connectivity index (χ1) is 19.9. The van der Waals surface area contributed by atoms with E-state index in [1.165, 1.54) is 82.0 Å². The van der Waals surface area contributed by atoms with Crippen LogP contribution in [-0.2, 0) is 4.79 Å². The molecule has 1 aliphatic rings. The van der Waals surface area contributed by atoms with Gasteiger partial charge in [0.05, 0.1) is 16.6 Å². The lowest BCUT2D eigenvalue weighted by atomic mass is 10.0. The van der Waals surface area contributed by atoms with Gasteiger partial charge in [0.1, 0.15) is 16.2 Å². The second kappa shape index (κ2) is 15.3. The van der Waals surface area contributed by atoms with Crippen molar-refractivity contribution in [3.05, 3.63) is 45.3 Å². The largest absolute Gasteiger partial charge is 0.477 e. The monoisotopic (exact) mass is 585 g/mol. The summed E-state index contributed by atoms with van der Waals surface area (Å²) in [5.41, 5.74) is -0.170. The summed E-state index contributed by atoms with van der Waals surface area (Å²) in [6.07, 6.45) is 18.9. The normalized spacial score (nSPS) is 13.9. The van der Waals surface area contributed by atoms with Crippen molar-refractivity contribution in [1.29, 1.82) is 0 Å². The SMILES string of the molecule is CCCCCCCCCCCCCCCC(=O)N1CCN(c2cc3c(cc2F)c(=O)c(C(=O)O)c2sccn23)CC1. The molecular formula is C32H44FN3O4S. The van der Waals surface area contributed by atoms with Crippen molar-refractivity contribution in [2.24, 2.45) is 0 Å². The topological polar surface area (TPSA) is 82.3 Å². The summed E-state index contributed by atoms with van der Waals surface area (Å²) < 4.78 is 16.8. The molecule has 0 saturated carbocycles. The fourth-order valence-corrected chi connectivity index (χ4v) is 6.77. The molecule has 9 heteroatoms. The first-order valence-electron chi connectivity index (χ1n) is 15.4. The zero-order valence-corrected chi connectivity index (χ0v) is 25.2. The van der Waals surface area contributed by atoms with Crippen LogP contribution in [0.1, 0.15) is 107 Å². The second-order valence-corrected chi connectivity index (χ2v) is 12.2. The number of hydrogen-bond acceptors (Lipinski definition) is 5. The number of aromatic carboxylic acids is 1. The van der Waals surface area contributed by atoms with Gasteiger partial charge in [0.25, 0.3) is 0 Å². The number of aromatic nitrogens is 1. The number of amides is 1. The van der Waals surface area contributed by atoms with Crippen LogP contribution in [-0.4, -0.2) is 52.5 Å². The molecule has 0 atom stereocenters. The summed E-state index contributed by atoms with van der Waals surface area (Å²) in [7, 11) is 0. The van der Waals surface area contributed by atoms with E-state index in [9.17, 15) is 19.5 Å². The highest BCUT2D eigenvalue weighted by Gasteiger charge is 2.25. The van der Waals surface area contributed by atoms with Crippen molar-refractivity contribution in [3.8, 4) is 0 Å². The lowest BCUT2D eigenvalue weighted by molar-refractivity contribution is -0.131. The third kappa shape index (κ3) is 7.87. The quantitative estimate of drug-likeness (QED) is 0.176. The molecule has 7 nitrogen and oxygen atoms in total. The Morgan fingerprint density at radius 3 is 2.05 bits per heavy atom. The fraction of sp³-hybridized carbons (Fsp3) is 0.594. The van der Waals surface area contributed by atoms with Crippen LogP contribution in [0.25, 0.3) is 15.7 Å². The Morgan fingerprint density at radius 2 is 1.46 bits per heavy atom. The van der Waals surface area contributed by atoms with Gasteiger partial charge < -0.3 is 19.3 Å². The van der Waals surface area contributed by atoms with Gasteiger partial charge >= 0.3 is 5.97 Å². The Hall–Kier alpha value is -2.94. The predicted octanol–water partition coefficient (Wildman–Crippen LogP) is 7.48. The third-order valence-corrected chi connectivity index (χ3v) is 9.18. The highest BCUT2D eigenvalue weighted by atomic mass is 32.1. The zero-order chi connectivity index (χ0) is 29.2. The smallest absolute Gasteiger partial charge is 0.342 e. The van der Waals surface area contributed by atoms with Crippen LogP contribution in [0.5, 0.6) is 0 Å². The summed E-state index contributed by atoms with van der Waals surface area (Å²) in [4.78, 5) is 41.4. The highest BCUT2D eigenvalue weighted by molar-refractivity contribution is 7.16. The number of benzene rings is 1. The Bertz CT molecular complexity index is 1380. The lowest BCUT2D eigenvalue weighted by Gasteiger charge is -2.36. The van der Waals surface area contributed by atoms with Crippen LogP contribution in [0.3, 0.4) is 0 Å². The van der Waals surface area contributed by atoms with Crippen molar-refractivity contribution in [1.82, 2.24) is 9.30 Å². The molecule has 0 radical (unpaired) electrons. The van der Waals surface area contributed by atoms with Crippen molar-refractivity contribution >= 4 is 44.6 Å². The Kier molecular flexibility index (Phi) is 11.6. The predicted molar refractivity (Wildman–Crippen MR) is 165 cm³/mol. The molecule has 1 amide bonds. The molecule has 4 rings (SSSR count). The Morgan fingerprint density at radius 1 is 0.878 bits per heavy atom. The molecule has 2 aromatic heterocycles. The zero-order valence-electron chi connectivity index (χ0n) is 24.3. The number of thiazole rings is 1. The number of carbonyl (C=O) groups is 2. The van der Waals surface area contributed by atoms with E-state index in [1.54, 1.807) is 22.0 Å². The highest BCUT2D eigenvalue weighted by Crippen LogP contribution is 2.29. The van der Waals surface area contributed by atoms with Gasteiger partial charge in [-0.3, -0.25) is 9.59 Å². The number of anilines is 1. The maximum Gasteiger partial charge on any atom is 0.342 e. The van der Waals surface area contributed by atoms with E-state index in [0.717, 1.165) is 18.9 Å². The van der Waals surface area contributed by atoms with E-state index in [2.05, 4.69) is 6.92 Å². The average Bonchev–Trinajstić information content (AvgIpc) is 3.45. The first-order valence-corrected chi connectivity index (χ1v) is 16.3. The summed E-state index contributed by atoms with van der Waals surface area (Å²) in [5.74, 6) is -1.71. The molecule has 0 unspecified atom stereocenters. The molecule has 1 aromatic carbocycles. The molecule has 224 valence electrons. The fourth-order valence-electron chi connectivity index (χ4n) is 5.89. The van der Waals surface area contributed by atoms with Gasteiger partial charge in [-0.2, -0.15) is 0 Å². The maximum absolute atomic E-state index is 15.2. The molecule has 3 aromatic rings.